The first-order chi connectivity index (χ1) is 14.0. The summed E-state index contributed by atoms with van der Waals surface area (Å²) >= 11 is 0. The molecule has 0 aromatic heterocycles. The molecular formula is C23H28N2O4. The lowest BCUT2D eigenvalue weighted by Gasteiger charge is -2.32. The van der Waals surface area contributed by atoms with Gasteiger partial charge >= 0.3 is 0 Å². The summed E-state index contributed by atoms with van der Waals surface area (Å²) in [7, 11) is 3.11. The predicted octanol–water partition coefficient (Wildman–Crippen LogP) is 3.29. The first-order valence-electron chi connectivity index (χ1n) is 9.88. The van der Waals surface area contributed by atoms with Gasteiger partial charge in [-0.2, -0.15) is 0 Å². The maximum absolute atomic E-state index is 12.6. The monoisotopic (exact) mass is 396 g/mol. The van der Waals surface area contributed by atoms with Crippen molar-refractivity contribution >= 4 is 11.8 Å². The highest BCUT2D eigenvalue weighted by Crippen LogP contribution is 2.27. The van der Waals surface area contributed by atoms with Crippen LogP contribution in [0.2, 0.25) is 0 Å². The summed E-state index contributed by atoms with van der Waals surface area (Å²) < 4.78 is 10.5. The number of hydrogen-bond acceptors (Lipinski definition) is 4. The van der Waals surface area contributed by atoms with Crippen LogP contribution in [0.5, 0.6) is 11.5 Å². The number of amides is 2. The van der Waals surface area contributed by atoms with Gasteiger partial charge in [0.05, 0.1) is 14.2 Å². The summed E-state index contributed by atoms with van der Waals surface area (Å²) in [4.78, 5) is 27.0. The van der Waals surface area contributed by atoms with E-state index in [0.717, 1.165) is 24.0 Å². The molecule has 1 N–H and O–H groups in total. The van der Waals surface area contributed by atoms with Crippen molar-refractivity contribution in [2.75, 3.05) is 33.9 Å². The summed E-state index contributed by atoms with van der Waals surface area (Å²) in [6.07, 6.45) is 1.76. The van der Waals surface area contributed by atoms with Gasteiger partial charge in [-0.15, -0.1) is 0 Å². The predicted molar refractivity (Wildman–Crippen MR) is 112 cm³/mol. The van der Waals surface area contributed by atoms with E-state index in [1.54, 1.807) is 32.4 Å². The lowest BCUT2D eigenvalue weighted by Crippen LogP contribution is -2.41. The molecule has 2 aromatic rings. The van der Waals surface area contributed by atoms with Gasteiger partial charge < -0.3 is 19.7 Å². The Kier molecular flexibility index (Phi) is 6.75. The Morgan fingerprint density at radius 3 is 2.21 bits per heavy atom. The number of carbonyl (C=O) groups excluding carboxylic acids is 2. The minimum Gasteiger partial charge on any atom is -0.493 e. The summed E-state index contributed by atoms with van der Waals surface area (Å²) in [5.74, 6) is 1.43. The number of piperidine rings is 1. The van der Waals surface area contributed by atoms with Gasteiger partial charge in [0.1, 0.15) is 0 Å². The van der Waals surface area contributed by atoms with E-state index in [1.165, 1.54) is 0 Å². The molecule has 0 spiro atoms. The van der Waals surface area contributed by atoms with Crippen molar-refractivity contribution in [2.45, 2.75) is 19.8 Å². The number of benzene rings is 2. The van der Waals surface area contributed by atoms with Gasteiger partial charge in [0.15, 0.2) is 11.5 Å². The molecule has 0 radical (unpaired) electrons. The van der Waals surface area contributed by atoms with Gasteiger partial charge in [-0.3, -0.25) is 9.59 Å². The number of nitrogens with zero attached hydrogens (tertiary/aromatic N) is 1. The van der Waals surface area contributed by atoms with Crippen LogP contribution in [0.25, 0.3) is 0 Å². The SMILES string of the molecule is COc1ccc(C(=O)NCC2CCN(C(=O)c3ccc(C)cc3)CC2)cc1OC. The zero-order chi connectivity index (χ0) is 20.8. The van der Waals surface area contributed by atoms with E-state index in [0.29, 0.717) is 42.6 Å². The second kappa shape index (κ2) is 9.45. The van der Waals surface area contributed by atoms with Crippen LogP contribution in [-0.4, -0.2) is 50.6 Å². The second-order valence-electron chi connectivity index (χ2n) is 7.38. The van der Waals surface area contributed by atoms with Crippen LogP contribution in [0.1, 0.15) is 39.1 Å². The largest absolute Gasteiger partial charge is 0.493 e. The molecule has 29 heavy (non-hydrogen) atoms. The lowest BCUT2D eigenvalue weighted by molar-refractivity contribution is 0.0684. The molecule has 1 heterocycles. The normalized spacial score (nSPS) is 14.4. The molecule has 6 nitrogen and oxygen atoms in total. The Morgan fingerprint density at radius 2 is 1.59 bits per heavy atom. The minimum absolute atomic E-state index is 0.0813. The topological polar surface area (TPSA) is 67.9 Å². The quantitative estimate of drug-likeness (QED) is 0.814. The summed E-state index contributed by atoms with van der Waals surface area (Å²) in [6, 6.07) is 12.8. The van der Waals surface area contributed by atoms with Crippen LogP contribution in [0, 0.1) is 12.8 Å². The molecule has 2 aromatic carbocycles. The third-order valence-corrected chi connectivity index (χ3v) is 5.40. The fourth-order valence-corrected chi connectivity index (χ4v) is 3.54. The van der Waals surface area contributed by atoms with E-state index >= 15 is 0 Å². The van der Waals surface area contributed by atoms with Crippen LogP contribution < -0.4 is 14.8 Å². The van der Waals surface area contributed by atoms with Gasteiger partial charge in [0, 0.05) is 30.8 Å². The highest BCUT2D eigenvalue weighted by molar-refractivity contribution is 5.95. The molecule has 0 atom stereocenters. The molecule has 1 saturated heterocycles. The van der Waals surface area contributed by atoms with Crippen molar-refractivity contribution in [3.63, 3.8) is 0 Å². The molecule has 0 saturated carbocycles. The fraction of sp³-hybridized carbons (Fsp3) is 0.391. The van der Waals surface area contributed by atoms with Gasteiger partial charge in [-0.1, -0.05) is 17.7 Å². The average Bonchev–Trinajstić information content (AvgIpc) is 2.77. The standard InChI is InChI=1S/C23H28N2O4/c1-16-4-6-18(7-5-16)23(27)25-12-10-17(11-13-25)15-24-22(26)19-8-9-20(28-2)21(14-19)29-3/h4-9,14,17H,10-13,15H2,1-3H3,(H,24,26). The molecule has 3 rings (SSSR count). The number of carbonyl (C=O) groups is 2. The summed E-state index contributed by atoms with van der Waals surface area (Å²) in [5, 5.41) is 3.00. The Hall–Kier alpha value is -3.02. The van der Waals surface area contributed by atoms with Crippen LogP contribution in [-0.2, 0) is 0 Å². The zero-order valence-corrected chi connectivity index (χ0v) is 17.2. The molecule has 0 unspecified atom stereocenters. The van der Waals surface area contributed by atoms with Crippen molar-refractivity contribution in [2.24, 2.45) is 5.92 Å². The van der Waals surface area contributed by atoms with Crippen LogP contribution in [0.15, 0.2) is 42.5 Å². The van der Waals surface area contributed by atoms with E-state index in [9.17, 15) is 9.59 Å². The third kappa shape index (κ3) is 5.08. The molecule has 6 heteroatoms. The summed E-state index contributed by atoms with van der Waals surface area (Å²) in [6.45, 7) is 4.03. The maximum atomic E-state index is 12.6. The number of likely N-dealkylation sites (tertiary alicyclic amines) is 1. The van der Waals surface area contributed by atoms with Crippen molar-refractivity contribution in [1.29, 1.82) is 0 Å². The average molecular weight is 396 g/mol. The van der Waals surface area contributed by atoms with Crippen molar-refractivity contribution < 1.29 is 19.1 Å². The molecule has 154 valence electrons. The zero-order valence-electron chi connectivity index (χ0n) is 17.2. The lowest BCUT2D eigenvalue weighted by atomic mass is 9.96. The number of hydrogen-bond donors (Lipinski definition) is 1. The Balaban J connectivity index is 1.49. The van der Waals surface area contributed by atoms with Gasteiger partial charge in [0.2, 0.25) is 0 Å². The van der Waals surface area contributed by atoms with E-state index < -0.39 is 0 Å². The van der Waals surface area contributed by atoms with E-state index in [4.69, 9.17) is 9.47 Å². The van der Waals surface area contributed by atoms with Crippen molar-refractivity contribution in [3.8, 4) is 11.5 Å². The van der Waals surface area contributed by atoms with Crippen LogP contribution in [0.4, 0.5) is 0 Å². The first-order valence-corrected chi connectivity index (χ1v) is 9.88. The number of nitrogens with one attached hydrogen (secondary N) is 1. The first kappa shape index (κ1) is 20.7. The Labute approximate surface area is 171 Å². The van der Waals surface area contributed by atoms with E-state index in [2.05, 4.69) is 5.32 Å². The minimum atomic E-state index is -0.135. The smallest absolute Gasteiger partial charge is 0.253 e. The molecule has 0 aliphatic carbocycles. The number of ether oxygens (including phenoxy) is 2. The van der Waals surface area contributed by atoms with Gasteiger partial charge in [-0.25, -0.2) is 0 Å². The molecular weight excluding hydrogens is 368 g/mol. The number of methoxy groups -OCH3 is 2. The second-order valence-corrected chi connectivity index (χ2v) is 7.38. The maximum Gasteiger partial charge on any atom is 0.253 e. The highest BCUT2D eigenvalue weighted by atomic mass is 16.5. The van der Waals surface area contributed by atoms with Crippen LogP contribution >= 0.6 is 0 Å². The van der Waals surface area contributed by atoms with Crippen LogP contribution in [0.3, 0.4) is 0 Å². The highest BCUT2D eigenvalue weighted by Gasteiger charge is 2.24. The fourth-order valence-electron chi connectivity index (χ4n) is 3.54. The number of aryl methyl sites for hydroxylation is 1. The third-order valence-electron chi connectivity index (χ3n) is 5.40. The van der Waals surface area contributed by atoms with Gasteiger partial charge in [0.25, 0.3) is 11.8 Å². The molecule has 0 bridgehead atoms. The van der Waals surface area contributed by atoms with Crippen molar-refractivity contribution in [1.82, 2.24) is 10.2 Å². The Bertz CT molecular complexity index is 856. The van der Waals surface area contributed by atoms with Crippen molar-refractivity contribution in [3.05, 3.63) is 59.2 Å². The van der Waals surface area contributed by atoms with E-state index in [1.807, 2.05) is 36.1 Å². The van der Waals surface area contributed by atoms with Gasteiger partial charge in [-0.05, 0) is 56.0 Å². The molecule has 1 aliphatic rings. The van der Waals surface area contributed by atoms with E-state index in [-0.39, 0.29) is 11.8 Å². The number of rotatable bonds is 6. The molecule has 1 fully saturated rings. The molecule has 1 aliphatic heterocycles. The molecule has 2 amide bonds. The Morgan fingerprint density at radius 1 is 0.966 bits per heavy atom. The summed E-state index contributed by atoms with van der Waals surface area (Å²) in [5.41, 5.74) is 2.41.